The van der Waals surface area contributed by atoms with Crippen LogP contribution in [0.5, 0.6) is 5.75 Å². The lowest BCUT2D eigenvalue weighted by molar-refractivity contribution is -0.157. The second-order valence-electron chi connectivity index (χ2n) is 4.16. The fraction of sp³-hybridized carbons (Fsp3) is 0.562. The number of aliphatic hydroxyl groups is 2. The Balaban J connectivity index is 0.000000763. The molecule has 2 N–H and O–H groups in total. The molecule has 0 fully saturated rings. The van der Waals surface area contributed by atoms with Crippen LogP contribution in [0.1, 0.15) is 32.3 Å². The maximum atomic E-state index is 10.2. The Morgan fingerprint density at radius 3 is 2.23 bits per heavy atom. The largest absolute Gasteiger partial charge is 0.494 e. The fourth-order valence-electron chi connectivity index (χ4n) is 1.77. The Kier molecular flexibility index (Phi) is 12.1. The van der Waals surface area contributed by atoms with Crippen LogP contribution < -0.4 is 4.74 Å². The first kappa shape index (κ1) is 20.4. The molecule has 0 heterocycles. The van der Waals surface area contributed by atoms with E-state index < -0.39 is 12.2 Å². The molecule has 0 bridgehead atoms. The minimum atomic E-state index is -1.39. The van der Waals surface area contributed by atoms with Gasteiger partial charge in [0.25, 0.3) is 6.47 Å². The Bertz CT molecular complexity index is 394. The van der Waals surface area contributed by atoms with Crippen LogP contribution in [-0.2, 0) is 14.3 Å². The third-order valence-electron chi connectivity index (χ3n) is 2.76. The lowest BCUT2D eigenvalue weighted by Gasteiger charge is -2.21. The summed E-state index contributed by atoms with van der Waals surface area (Å²) in [6.45, 7) is 7.78. The maximum absolute atomic E-state index is 10.2. The van der Waals surface area contributed by atoms with E-state index in [1.54, 1.807) is 24.3 Å². The van der Waals surface area contributed by atoms with Crippen molar-refractivity contribution >= 4 is 6.47 Å². The van der Waals surface area contributed by atoms with Crippen molar-refractivity contribution in [2.24, 2.45) is 0 Å². The summed E-state index contributed by atoms with van der Waals surface area (Å²) in [5.41, 5.74) is 0.603. The molecular formula is C16H26O6. The zero-order valence-corrected chi connectivity index (χ0v) is 13.4. The zero-order valence-electron chi connectivity index (χ0n) is 13.4. The standard InChI is InChI=1S/C12H16O5.C4H10O/c1-2-16-11-6-4-3-5-9(11)10(7-13)12(15)17-8-14;1-3-5-4-2/h3-6,8,10,12-13,15H,2,7H2,1H3;3-4H2,1-2H3. The molecule has 22 heavy (non-hydrogen) atoms. The van der Waals surface area contributed by atoms with Gasteiger partial charge in [-0.05, 0) is 26.8 Å². The fourth-order valence-corrected chi connectivity index (χ4v) is 1.77. The van der Waals surface area contributed by atoms with Gasteiger partial charge in [0, 0.05) is 18.8 Å². The molecule has 0 aromatic heterocycles. The number of rotatable bonds is 9. The van der Waals surface area contributed by atoms with Crippen molar-refractivity contribution < 1.29 is 29.2 Å². The van der Waals surface area contributed by atoms with Gasteiger partial charge in [0.2, 0.25) is 6.29 Å². The predicted octanol–water partition coefficient (Wildman–Crippen LogP) is 1.70. The number of hydrogen-bond donors (Lipinski definition) is 2. The minimum Gasteiger partial charge on any atom is -0.494 e. The van der Waals surface area contributed by atoms with Crippen LogP contribution in [0.2, 0.25) is 0 Å². The number of hydrogen-bond acceptors (Lipinski definition) is 6. The normalized spacial score (nSPS) is 12.6. The summed E-state index contributed by atoms with van der Waals surface area (Å²) >= 11 is 0. The van der Waals surface area contributed by atoms with Crippen molar-refractivity contribution in [2.45, 2.75) is 33.0 Å². The molecule has 1 aromatic carbocycles. The van der Waals surface area contributed by atoms with Crippen LogP contribution in [0.3, 0.4) is 0 Å². The van der Waals surface area contributed by atoms with Gasteiger partial charge in [-0.25, -0.2) is 0 Å². The molecule has 0 amide bonds. The van der Waals surface area contributed by atoms with Gasteiger partial charge in [0.05, 0.1) is 19.1 Å². The smallest absolute Gasteiger partial charge is 0.295 e. The van der Waals surface area contributed by atoms with Crippen LogP contribution in [-0.4, -0.2) is 49.4 Å². The quantitative estimate of drug-likeness (QED) is 0.533. The molecule has 126 valence electrons. The highest BCUT2D eigenvalue weighted by Gasteiger charge is 2.24. The topological polar surface area (TPSA) is 85.2 Å². The molecule has 0 aliphatic carbocycles. The Hall–Kier alpha value is -1.63. The molecule has 6 heteroatoms. The van der Waals surface area contributed by atoms with Crippen molar-refractivity contribution in [3.05, 3.63) is 29.8 Å². The molecular weight excluding hydrogens is 288 g/mol. The summed E-state index contributed by atoms with van der Waals surface area (Å²) in [7, 11) is 0. The summed E-state index contributed by atoms with van der Waals surface area (Å²) in [6.07, 6.45) is -1.39. The van der Waals surface area contributed by atoms with E-state index in [0.717, 1.165) is 13.2 Å². The number of ether oxygens (including phenoxy) is 3. The summed E-state index contributed by atoms with van der Waals surface area (Å²) in [5.74, 6) is -0.162. The van der Waals surface area contributed by atoms with Crippen molar-refractivity contribution in [1.82, 2.24) is 0 Å². The number of aliphatic hydroxyl groups excluding tert-OH is 2. The van der Waals surface area contributed by atoms with Crippen LogP contribution >= 0.6 is 0 Å². The second kappa shape index (κ2) is 13.1. The lowest BCUT2D eigenvalue weighted by Crippen LogP contribution is -2.25. The summed E-state index contributed by atoms with van der Waals surface area (Å²) in [5, 5.41) is 18.8. The number of para-hydroxylation sites is 1. The predicted molar refractivity (Wildman–Crippen MR) is 82.8 cm³/mol. The molecule has 1 aromatic rings. The SMILES string of the molecule is CCOCC.CCOc1ccccc1C(CO)C(O)OC=O. The van der Waals surface area contributed by atoms with Gasteiger partial charge in [0.15, 0.2) is 0 Å². The summed E-state index contributed by atoms with van der Waals surface area (Å²) in [4.78, 5) is 10.2. The first-order valence-electron chi connectivity index (χ1n) is 7.33. The zero-order chi connectivity index (χ0) is 16.8. The average Bonchev–Trinajstić information content (AvgIpc) is 2.52. The first-order chi connectivity index (χ1) is 10.7. The monoisotopic (exact) mass is 314 g/mol. The Labute approximate surface area is 131 Å². The van der Waals surface area contributed by atoms with Crippen molar-refractivity contribution in [2.75, 3.05) is 26.4 Å². The molecule has 0 radical (unpaired) electrons. The highest BCUT2D eigenvalue weighted by molar-refractivity contribution is 5.40. The van der Waals surface area contributed by atoms with E-state index in [1.165, 1.54) is 0 Å². The Morgan fingerprint density at radius 2 is 1.77 bits per heavy atom. The van der Waals surface area contributed by atoms with E-state index in [1.807, 2.05) is 20.8 Å². The molecule has 2 atom stereocenters. The van der Waals surface area contributed by atoms with E-state index in [0.29, 0.717) is 17.9 Å². The first-order valence-corrected chi connectivity index (χ1v) is 7.33. The van der Waals surface area contributed by atoms with Gasteiger partial charge in [-0.2, -0.15) is 0 Å². The van der Waals surface area contributed by atoms with E-state index in [2.05, 4.69) is 4.74 Å². The molecule has 0 saturated heterocycles. The lowest BCUT2D eigenvalue weighted by atomic mass is 9.98. The van der Waals surface area contributed by atoms with Crippen molar-refractivity contribution in [3.8, 4) is 5.75 Å². The van der Waals surface area contributed by atoms with Gasteiger partial charge in [-0.1, -0.05) is 18.2 Å². The van der Waals surface area contributed by atoms with E-state index >= 15 is 0 Å². The van der Waals surface area contributed by atoms with Crippen molar-refractivity contribution in [1.29, 1.82) is 0 Å². The highest BCUT2D eigenvalue weighted by atomic mass is 16.6. The molecule has 6 nitrogen and oxygen atoms in total. The number of benzene rings is 1. The van der Waals surface area contributed by atoms with Crippen LogP contribution in [0.4, 0.5) is 0 Å². The van der Waals surface area contributed by atoms with Gasteiger partial charge >= 0.3 is 0 Å². The third kappa shape index (κ3) is 7.40. The summed E-state index contributed by atoms with van der Waals surface area (Å²) in [6, 6.07) is 6.99. The highest BCUT2D eigenvalue weighted by Crippen LogP contribution is 2.29. The van der Waals surface area contributed by atoms with E-state index in [9.17, 15) is 15.0 Å². The molecule has 1 rings (SSSR count). The van der Waals surface area contributed by atoms with E-state index in [4.69, 9.17) is 9.47 Å². The second-order valence-corrected chi connectivity index (χ2v) is 4.16. The molecule has 0 aliphatic heterocycles. The van der Waals surface area contributed by atoms with Gasteiger partial charge in [-0.3, -0.25) is 4.79 Å². The summed E-state index contributed by atoms with van der Waals surface area (Å²) < 4.78 is 14.7. The van der Waals surface area contributed by atoms with Gasteiger partial charge in [0.1, 0.15) is 5.75 Å². The molecule has 0 spiro atoms. The molecule has 2 unspecified atom stereocenters. The number of carbonyl (C=O) groups excluding carboxylic acids is 1. The minimum absolute atomic E-state index is 0.149. The third-order valence-corrected chi connectivity index (χ3v) is 2.76. The number of carbonyl (C=O) groups is 1. The van der Waals surface area contributed by atoms with Crippen LogP contribution in [0.25, 0.3) is 0 Å². The molecule has 0 saturated carbocycles. The maximum Gasteiger partial charge on any atom is 0.295 e. The van der Waals surface area contributed by atoms with Crippen LogP contribution in [0, 0.1) is 0 Å². The average molecular weight is 314 g/mol. The van der Waals surface area contributed by atoms with E-state index in [-0.39, 0.29) is 13.1 Å². The van der Waals surface area contributed by atoms with Crippen LogP contribution in [0.15, 0.2) is 24.3 Å². The van der Waals surface area contributed by atoms with Crippen molar-refractivity contribution in [3.63, 3.8) is 0 Å². The Morgan fingerprint density at radius 1 is 1.14 bits per heavy atom. The van der Waals surface area contributed by atoms with Gasteiger partial charge < -0.3 is 24.4 Å². The van der Waals surface area contributed by atoms with Gasteiger partial charge in [-0.15, -0.1) is 0 Å². The molecule has 0 aliphatic rings.